The Balaban J connectivity index is 1.12. The van der Waals surface area contributed by atoms with Crippen LogP contribution in [0.3, 0.4) is 0 Å². The van der Waals surface area contributed by atoms with E-state index in [-0.39, 0.29) is 18.2 Å². The number of anilines is 2. The van der Waals surface area contributed by atoms with Gasteiger partial charge < -0.3 is 20.7 Å². The van der Waals surface area contributed by atoms with Crippen LogP contribution in [0.4, 0.5) is 10.7 Å². The summed E-state index contributed by atoms with van der Waals surface area (Å²) in [5, 5.41) is 8.65. The highest BCUT2D eigenvalue weighted by Crippen LogP contribution is 2.41. The Hall–Kier alpha value is -6.27. The number of thioether (sulfide) groups is 1. The molecule has 9 nitrogen and oxygen atoms in total. The minimum absolute atomic E-state index is 0.0759. The summed E-state index contributed by atoms with van der Waals surface area (Å²) in [5.41, 5.74) is 6.04. The van der Waals surface area contributed by atoms with Crippen molar-refractivity contribution in [1.29, 1.82) is 0 Å². The molecular weight excluding hydrogens is 777 g/mol. The maximum absolute atomic E-state index is 14.4. The summed E-state index contributed by atoms with van der Waals surface area (Å²) in [7, 11) is 0. The summed E-state index contributed by atoms with van der Waals surface area (Å²) < 4.78 is 5.52. The van der Waals surface area contributed by atoms with Gasteiger partial charge in [-0.1, -0.05) is 109 Å². The smallest absolute Gasteiger partial charge is 0.341 e. The summed E-state index contributed by atoms with van der Waals surface area (Å²) in [6.45, 7) is 6.14. The number of fused-ring (bicyclic) bond motifs is 1. The summed E-state index contributed by atoms with van der Waals surface area (Å²) in [5.74, 6) is -1.66. The quantitative estimate of drug-likeness (QED) is 0.0570. The van der Waals surface area contributed by atoms with Crippen molar-refractivity contribution in [3.63, 3.8) is 0 Å². The van der Waals surface area contributed by atoms with Gasteiger partial charge in [0.2, 0.25) is 5.91 Å². The van der Waals surface area contributed by atoms with Crippen molar-refractivity contribution >= 4 is 63.6 Å². The number of nitrogens with zero attached hydrogens (tertiary/aromatic N) is 1. The molecule has 11 heteroatoms. The van der Waals surface area contributed by atoms with Gasteiger partial charge in [0.25, 0.3) is 11.8 Å². The van der Waals surface area contributed by atoms with E-state index in [0.717, 1.165) is 45.1 Å². The third-order valence-corrected chi connectivity index (χ3v) is 12.2. The van der Waals surface area contributed by atoms with Crippen molar-refractivity contribution in [2.75, 3.05) is 23.8 Å². The van der Waals surface area contributed by atoms with Crippen LogP contribution in [0.2, 0.25) is 0 Å². The molecule has 0 radical (unpaired) electrons. The number of benzene rings is 5. The Morgan fingerprint density at radius 1 is 0.831 bits per heavy atom. The molecule has 0 saturated carbocycles. The van der Waals surface area contributed by atoms with Gasteiger partial charge in [-0.25, -0.2) is 4.79 Å². The highest BCUT2D eigenvalue weighted by Gasteiger charge is 2.32. The summed E-state index contributed by atoms with van der Waals surface area (Å²) in [6, 6.07) is 43.3. The Morgan fingerprint density at radius 3 is 2.25 bits per heavy atom. The maximum Gasteiger partial charge on any atom is 0.341 e. The van der Waals surface area contributed by atoms with E-state index in [4.69, 9.17) is 4.74 Å². The number of hydrogen-bond donors (Lipinski definition) is 3. The fourth-order valence-electron chi connectivity index (χ4n) is 6.85. The summed E-state index contributed by atoms with van der Waals surface area (Å²) in [4.78, 5) is 59.1. The van der Waals surface area contributed by atoms with Crippen molar-refractivity contribution in [2.24, 2.45) is 0 Å². The summed E-state index contributed by atoms with van der Waals surface area (Å²) >= 11 is 2.75. The molecular formula is C48H44N4O5S2. The molecule has 1 aliphatic rings. The molecule has 1 aromatic heterocycles. The molecule has 1 aliphatic heterocycles. The largest absolute Gasteiger partial charge is 0.462 e. The Bertz CT molecular complexity index is 2470. The lowest BCUT2D eigenvalue weighted by molar-refractivity contribution is -0.116. The lowest BCUT2D eigenvalue weighted by atomic mass is 10.0. The highest BCUT2D eigenvalue weighted by molar-refractivity contribution is 8.00. The minimum Gasteiger partial charge on any atom is -0.462 e. The molecule has 7 rings (SSSR count). The molecule has 1 atom stereocenters. The normalized spacial score (nSPS) is 13.2. The number of aryl methyl sites for hydroxylation is 1. The first-order valence-corrected chi connectivity index (χ1v) is 21.1. The van der Waals surface area contributed by atoms with Crippen LogP contribution in [0.15, 0.2) is 150 Å². The fourth-order valence-corrected chi connectivity index (χ4v) is 9.21. The van der Waals surface area contributed by atoms with E-state index in [0.29, 0.717) is 34.8 Å². The van der Waals surface area contributed by atoms with Crippen molar-refractivity contribution < 1.29 is 23.9 Å². The van der Waals surface area contributed by atoms with Gasteiger partial charge in [-0.15, -0.1) is 23.1 Å². The predicted octanol–water partition coefficient (Wildman–Crippen LogP) is 9.67. The van der Waals surface area contributed by atoms with Crippen LogP contribution < -0.4 is 16.0 Å². The average molecular weight is 821 g/mol. The number of carbonyl (C=O) groups excluding carboxylic acids is 4. The van der Waals surface area contributed by atoms with Gasteiger partial charge in [0.05, 0.1) is 12.2 Å². The maximum atomic E-state index is 14.4. The molecule has 5 aromatic carbocycles. The molecule has 6 aromatic rings. The molecule has 0 bridgehead atoms. The molecule has 0 spiro atoms. The monoisotopic (exact) mass is 820 g/mol. The van der Waals surface area contributed by atoms with Crippen LogP contribution >= 0.6 is 23.1 Å². The highest BCUT2D eigenvalue weighted by atomic mass is 32.2. The molecule has 0 aliphatic carbocycles. The van der Waals surface area contributed by atoms with Crippen LogP contribution in [0, 0.1) is 6.92 Å². The average Bonchev–Trinajstić information content (AvgIpc) is 3.61. The fraction of sp³-hybridized carbons (Fsp3) is 0.167. The van der Waals surface area contributed by atoms with Gasteiger partial charge in [0.1, 0.15) is 15.9 Å². The minimum atomic E-state index is -0.715. The number of hydrogen-bond acceptors (Lipinski definition) is 8. The number of ether oxygens (including phenoxy) is 1. The number of carbonyl (C=O) groups is 4. The molecule has 0 saturated heterocycles. The van der Waals surface area contributed by atoms with Gasteiger partial charge in [-0.2, -0.15) is 0 Å². The van der Waals surface area contributed by atoms with Crippen LogP contribution in [-0.2, 0) is 33.8 Å². The second-order valence-corrected chi connectivity index (χ2v) is 16.3. The molecule has 3 N–H and O–H groups in total. The van der Waals surface area contributed by atoms with Gasteiger partial charge in [0, 0.05) is 40.7 Å². The molecule has 298 valence electrons. The standard InChI is InChI=1S/C48H44N4O5S2/c1-3-57-48(56)42-39-26-27-52(30-33-17-7-4-8-18-33)31-41(39)59-47(42)51-46(55)43(34-19-9-5-10-20-34)58-38-25-15-24-37(29-38)49-45(54)40(28-36-23-14-13-16-32(36)2)50-44(53)35-21-11-6-12-22-35/h4-25,28-29,43H,3,26-27,30-31H2,1-2H3,(H,49,54)(H,50,53)(H,51,55)/b40-28-. The van der Waals surface area contributed by atoms with E-state index in [1.807, 2.05) is 91.9 Å². The number of esters is 1. The van der Waals surface area contributed by atoms with E-state index in [9.17, 15) is 19.2 Å². The number of rotatable bonds is 14. The Kier molecular flexibility index (Phi) is 13.5. The van der Waals surface area contributed by atoms with Crippen molar-refractivity contribution in [3.8, 4) is 0 Å². The number of thiophene rings is 1. The van der Waals surface area contributed by atoms with Gasteiger partial charge in [-0.3, -0.25) is 19.3 Å². The lowest BCUT2D eigenvalue weighted by Crippen LogP contribution is -2.30. The molecule has 0 fully saturated rings. The zero-order valence-corrected chi connectivity index (χ0v) is 34.4. The first-order valence-electron chi connectivity index (χ1n) is 19.4. The van der Waals surface area contributed by atoms with E-state index in [2.05, 4.69) is 33.0 Å². The van der Waals surface area contributed by atoms with Crippen LogP contribution in [-0.4, -0.2) is 41.7 Å². The van der Waals surface area contributed by atoms with E-state index >= 15 is 0 Å². The van der Waals surface area contributed by atoms with Crippen LogP contribution in [0.25, 0.3) is 6.08 Å². The number of nitrogens with one attached hydrogen (secondary N) is 3. The Morgan fingerprint density at radius 2 is 1.53 bits per heavy atom. The van der Waals surface area contributed by atoms with E-state index in [1.54, 1.807) is 55.5 Å². The van der Waals surface area contributed by atoms with Gasteiger partial charge >= 0.3 is 5.97 Å². The van der Waals surface area contributed by atoms with Gasteiger partial charge in [-0.05, 0) is 84.5 Å². The first-order chi connectivity index (χ1) is 28.7. The summed E-state index contributed by atoms with van der Waals surface area (Å²) in [6.07, 6.45) is 2.32. The van der Waals surface area contributed by atoms with Crippen molar-refractivity contribution in [3.05, 3.63) is 189 Å². The number of amides is 3. The lowest BCUT2D eigenvalue weighted by Gasteiger charge is -2.27. The topological polar surface area (TPSA) is 117 Å². The third kappa shape index (κ3) is 10.4. The van der Waals surface area contributed by atoms with E-state index in [1.165, 1.54) is 28.7 Å². The Labute approximate surface area is 352 Å². The SMILES string of the molecule is CCOC(=O)c1c(NC(=O)C(Sc2cccc(NC(=O)/C(=C/c3ccccc3C)NC(=O)c3ccccc3)c2)c2ccccc2)sc2c1CCN(Cc1ccccc1)C2. The second kappa shape index (κ2) is 19.5. The van der Waals surface area contributed by atoms with Crippen LogP contribution in [0.5, 0.6) is 0 Å². The van der Waals surface area contributed by atoms with Crippen molar-refractivity contribution in [2.45, 2.75) is 43.5 Å². The van der Waals surface area contributed by atoms with Gasteiger partial charge in [0.15, 0.2) is 0 Å². The molecule has 3 amide bonds. The third-order valence-electron chi connectivity index (χ3n) is 9.80. The molecule has 1 unspecified atom stereocenters. The molecule has 2 heterocycles. The van der Waals surface area contributed by atoms with E-state index < -0.39 is 23.0 Å². The zero-order chi connectivity index (χ0) is 41.1. The van der Waals surface area contributed by atoms with Crippen molar-refractivity contribution in [1.82, 2.24) is 10.2 Å². The molecule has 59 heavy (non-hydrogen) atoms. The predicted molar refractivity (Wildman–Crippen MR) is 236 cm³/mol. The second-order valence-electron chi connectivity index (χ2n) is 14.0. The van der Waals surface area contributed by atoms with Crippen LogP contribution in [0.1, 0.15) is 65.6 Å². The zero-order valence-electron chi connectivity index (χ0n) is 32.8. The first kappa shape index (κ1) is 40.9.